The summed E-state index contributed by atoms with van der Waals surface area (Å²) in [7, 11) is 3.70. The second-order valence-electron chi connectivity index (χ2n) is 5.33. The third kappa shape index (κ3) is 3.06. The molecule has 2 rings (SSSR count). The molecule has 0 spiro atoms. The zero-order chi connectivity index (χ0) is 13.7. The number of hydrogen-bond donors (Lipinski definition) is 1. The summed E-state index contributed by atoms with van der Waals surface area (Å²) in [5.74, 6) is 1.76. The molecule has 0 aromatic carbocycles. The van der Waals surface area contributed by atoms with E-state index in [1.807, 2.05) is 13.1 Å². The van der Waals surface area contributed by atoms with Gasteiger partial charge in [0.15, 0.2) is 5.82 Å². The standard InChI is InChI=1S/C15H25N3O/c1-4-8-12-11-13(16-2)18-14(17-12)15(19-3)9-6-5-7-10-15/h11H,4-10H2,1-3H3,(H,16,17,18). The minimum Gasteiger partial charge on any atom is -0.373 e. The van der Waals surface area contributed by atoms with Crippen molar-refractivity contribution in [2.45, 2.75) is 57.5 Å². The fourth-order valence-electron chi connectivity index (χ4n) is 2.86. The van der Waals surface area contributed by atoms with Gasteiger partial charge in [-0.05, 0) is 19.3 Å². The second-order valence-corrected chi connectivity index (χ2v) is 5.33. The van der Waals surface area contributed by atoms with Crippen LogP contribution in [0, 0.1) is 0 Å². The number of aromatic nitrogens is 2. The Bertz CT molecular complexity index is 414. The Hall–Kier alpha value is -1.16. The molecule has 0 saturated heterocycles. The van der Waals surface area contributed by atoms with E-state index in [4.69, 9.17) is 9.72 Å². The van der Waals surface area contributed by atoms with Crippen molar-refractivity contribution in [2.24, 2.45) is 0 Å². The monoisotopic (exact) mass is 263 g/mol. The highest BCUT2D eigenvalue weighted by Crippen LogP contribution is 2.38. The van der Waals surface area contributed by atoms with Crippen LogP contribution in [0.5, 0.6) is 0 Å². The van der Waals surface area contributed by atoms with Crippen molar-refractivity contribution in [1.29, 1.82) is 0 Å². The highest BCUT2D eigenvalue weighted by atomic mass is 16.5. The number of methoxy groups -OCH3 is 1. The fourth-order valence-corrected chi connectivity index (χ4v) is 2.86. The molecular weight excluding hydrogens is 238 g/mol. The topological polar surface area (TPSA) is 47.0 Å². The molecule has 1 heterocycles. The van der Waals surface area contributed by atoms with Gasteiger partial charge in [-0.1, -0.05) is 32.6 Å². The van der Waals surface area contributed by atoms with E-state index >= 15 is 0 Å². The van der Waals surface area contributed by atoms with E-state index in [0.717, 1.165) is 43.0 Å². The second kappa shape index (κ2) is 6.33. The molecule has 0 aliphatic heterocycles. The molecule has 106 valence electrons. The van der Waals surface area contributed by atoms with Gasteiger partial charge < -0.3 is 10.1 Å². The molecular formula is C15H25N3O. The van der Waals surface area contributed by atoms with E-state index in [2.05, 4.69) is 17.2 Å². The molecule has 1 aromatic rings. The van der Waals surface area contributed by atoms with Gasteiger partial charge in [0, 0.05) is 25.9 Å². The van der Waals surface area contributed by atoms with Gasteiger partial charge in [-0.25, -0.2) is 9.97 Å². The molecule has 0 atom stereocenters. The van der Waals surface area contributed by atoms with Crippen LogP contribution < -0.4 is 5.32 Å². The lowest BCUT2D eigenvalue weighted by molar-refractivity contribution is -0.0515. The van der Waals surface area contributed by atoms with Crippen molar-refractivity contribution >= 4 is 5.82 Å². The van der Waals surface area contributed by atoms with Crippen molar-refractivity contribution in [3.63, 3.8) is 0 Å². The Balaban J connectivity index is 2.37. The smallest absolute Gasteiger partial charge is 0.162 e. The molecule has 19 heavy (non-hydrogen) atoms. The van der Waals surface area contributed by atoms with Gasteiger partial charge in [-0.15, -0.1) is 0 Å². The normalized spacial score (nSPS) is 18.3. The maximum absolute atomic E-state index is 5.84. The molecule has 4 nitrogen and oxygen atoms in total. The van der Waals surface area contributed by atoms with Crippen LogP contribution in [-0.2, 0) is 16.8 Å². The van der Waals surface area contributed by atoms with Crippen molar-refractivity contribution in [3.8, 4) is 0 Å². The minimum atomic E-state index is -0.270. The van der Waals surface area contributed by atoms with Gasteiger partial charge in [-0.3, -0.25) is 0 Å². The molecule has 1 aliphatic rings. The van der Waals surface area contributed by atoms with Crippen LogP contribution in [0.3, 0.4) is 0 Å². The van der Waals surface area contributed by atoms with Gasteiger partial charge in [0.1, 0.15) is 11.4 Å². The van der Waals surface area contributed by atoms with Gasteiger partial charge in [-0.2, -0.15) is 0 Å². The quantitative estimate of drug-likeness (QED) is 0.885. The van der Waals surface area contributed by atoms with E-state index in [-0.39, 0.29) is 5.60 Å². The van der Waals surface area contributed by atoms with Gasteiger partial charge >= 0.3 is 0 Å². The van der Waals surface area contributed by atoms with Crippen molar-refractivity contribution in [2.75, 3.05) is 19.5 Å². The molecule has 4 heteroatoms. The summed E-state index contributed by atoms with van der Waals surface area (Å²) in [6.45, 7) is 2.17. The first kappa shape index (κ1) is 14.3. The number of ether oxygens (including phenoxy) is 1. The highest BCUT2D eigenvalue weighted by molar-refractivity contribution is 5.36. The molecule has 0 bridgehead atoms. The first-order chi connectivity index (χ1) is 9.24. The van der Waals surface area contributed by atoms with Gasteiger partial charge in [0.05, 0.1) is 0 Å². The maximum Gasteiger partial charge on any atom is 0.162 e. The van der Waals surface area contributed by atoms with E-state index in [1.165, 1.54) is 19.3 Å². The third-order valence-electron chi connectivity index (χ3n) is 4.00. The fraction of sp³-hybridized carbons (Fsp3) is 0.733. The molecule has 0 amide bonds. The van der Waals surface area contributed by atoms with Crippen LogP contribution in [0.15, 0.2) is 6.07 Å². The van der Waals surface area contributed by atoms with E-state index in [1.54, 1.807) is 7.11 Å². The number of aryl methyl sites for hydroxylation is 1. The van der Waals surface area contributed by atoms with E-state index in [9.17, 15) is 0 Å². The number of anilines is 1. The van der Waals surface area contributed by atoms with Gasteiger partial charge in [0.25, 0.3) is 0 Å². The first-order valence-electron chi connectivity index (χ1n) is 7.35. The van der Waals surface area contributed by atoms with E-state index < -0.39 is 0 Å². The predicted molar refractivity (Wildman–Crippen MR) is 77.3 cm³/mol. The Morgan fingerprint density at radius 2 is 2.00 bits per heavy atom. The van der Waals surface area contributed by atoms with Crippen LogP contribution in [0.25, 0.3) is 0 Å². The summed E-state index contributed by atoms with van der Waals surface area (Å²) < 4.78 is 5.84. The molecule has 0 unspecified atom stereocenters. The van der Waals surface area contributed by atoms with Gasteiger partial charge in [0.2, 0.25) is 0 Å². The zero-order valence-corrected chi connectivity index (χ0v) is 12.3. The molecule has 1 aliphatic carbocycles. The first-order valence-corrected chi connectivity index (χ1v) is 7.35. The summed E-state index contributed by atoms with van der Waals surface area (Å²) in [6.07, 6.45) is 7.83. The summed E-state index contributed by atoms with van der Waals surface area (Å²) >= 11 is 0. The Morgan fingerprint density at radius 3 is 2.58 bits per heavy atom. The van der Waals surface area contributed by atoms with Crippen LogP contribution in [0.4, 0.5) is 5.82 Å². The maximum atomic E-state index is 5.84. The average molecular weight is 263 g/mol. The Kier molecular flexibility index (Phi) is 4.75. The van der Waals surface area contributed by atoms with Crippen LogP contribution in [-0.4, -0.2) is 24.1 Å². The number of hydrogen-bond acceptors (Lipinski definition) is 4. The SMILES string of the molecule is CCCc1cc(NC)nc(C2(OC)CCCCC2)n1. The lowest BCUT2D eigenvalue weighted by atomic mass is 9.84. The van der Waals surface area contributed by atoms with Crippen LogP contribution in [0.1, 0.15) is 57.0 Å². The van der Waals surface area contributed by atoms with Crippen LogP contribution in [0.2, 0.25) is 0 Å². The predicted octanol–water partition coefficient (Wildman–Crippen LogP) is 3.28. The highest BCUT2D eigenvalue weighted by Gasteiger charge is 2.37. The largest absolute Gasteiger partial charge is 0.373 e. The Morgan fingerprint density at radius 1 is 1.26 bits per heavy atom. The number of rotatable bonds is 5. The lowest BCUT2D eigenvalue weighted by Crippen LogP contribution is -2.33. The van der Waals surface area contributed by atoms with Crippen molar-refractivity contribution < 1.29 is 4.74 Å². The average Bonchev–Trinajstić information content (AvgIpc) is 2.48. The Labute approximate surface area is 116 Å². The zero-order valence-electron chi connectivity index (χ0n) is 12.3. The summed E-state index contributed by atoms with van der Waals surface area (Å²) in [6, 6.07) is 2.04. The molecule has 1 aromatic heterocycles. The number of nitrogens with one attached hydrogen (secondary N) is 1. The summed E-state index contributed by atoms with van der Waals surface area (Å²) in [4.78, 5) is 9.42. The van der Waals surface area contributed by atoms with E-state index in [0.29, 0.717) is 0 Å². The van der Waals surface area contributed by atoms with Crippen molar-refractivity contribution in [1.82, 2.24) is 9.97 Å². The number of nitrogens with zero attached hydrogens (tertiary/aromatic N) is 2. The summed E-state index contributed by atoms with van der Waals surface area (Å²) in [5.41, 5.74) is 0.840. The summed E-state index contributed by atoms with van der Waals surface area (Å²) in [5, 5.41) is 3.14. The molecule has 1 saturated carbocycles. The third-order valence-corrected chi connectivity index (χ3v) is 4.00. The molecule has 1 N–H and O–H groups in total. The van der Waals surface area contributed by atoms with Crippen LogP contribution >= 0.6 is 0 Å². The van der Waals surface area contributed by atoms with Crippen molar-refractivity contribution in [3.05, 3.63) is 17.6 Å². The minimum absolute atomic E-state index is 0.270. The molecule has 0 radical (unpaired) electrons. The lowest BCUT2D eigenvalue weighted by Gasteiger charge is -2.34. The molecule has 1 fully saturated rings.